The molecule has 1 fully saturated rings. The van der Waals surface area contributed by atoms with Crippen molar-refractivity contribution in [1.82, 2.24) is 9.62 Å². The molecule has 144 valence electrons. The summed E-state index contributed by atoms with van der Waals surface area (Å²) in [5.41, 5.74) is 0. The molecule has 2 rings (SSSR count). The lowest BCUT2D eigenvalue weighted by Crippen LogP contribution is -2.46. The molecular weight excluding hydrogens is 407 g/mol. The molecule has 1 aromatic rings. The van der Waals surface area contributed by atoms with Crippen molar-refractivity contribution in [3.05, 3.63) is 28.2 Å². The number of carbonyl (C=O) groups is 2. The third-order valence-corrected chi connectivity index (χ3v) is 5.70. The monoisotopic (exact) mass is 424 g/mol. The van der Waals surface area contributed by atoms with Crippen molar-refractivity contribution < 1.29 is 27.5 Å². The van der Waals surface area contributed by atoms with Crippen molar-refractivity contribution in [2.45, 2.75) is 17.9 Å². The Morgan fingerprint density at radius 3 is 2.73 bits per heavy atom. The Labute approximate surface area is 161 Å². The fraction of sp³-hybridized carbons (Fsp3) is 0.467. The average molecular weight is 425 g/mol. The number of sulfonamides is 1. The lowest BCUT2D eigenvalue weighted by molar-refractivity contribution is -0.154. The number of nitrogens with zero attached hydrogens (tertiary/aromatic N) is 1. The molecule has 1 aliphatic heterocycles. The van der Waals surface area contributed by atoms with Gasteiger partial charge in [0.25, 0.3) is 5.91 Å². The Bertz CT molecular complexity index is 786. The second-order valence-corrected chi connectivity index (χ2v) is 8.16. The third kappa shape index (κ3) is 5.82. The van der Waals surface area contributed by atoms with Crippen LogP contribution in [0.5, 0.6) is 0 Å². The van der Waals surface area contributed by atoms with Crippen LogP contribution in [-0.2, 0) is 29.1 Å². The van der Waals surface area contributed by atoms with Crippen molar-refractivity contribution in [3.8, 4) is 0 Å². The van der Waals surface area contributed by atoms with Gasteiger partial charge in [-0.2, -0.15) is 4.72 Å². The normalized spacial score (nSPS) is 17.8. The molecule has 1 aromatic carbocycles. The van der Waals surface area contributed by atoms with Crippen LogP contribution in [0.1, 0.15) is 6.92 Å². The van der Waals surface area contributed by atoms with E-state index in [0.717, 1.165) is 0 Å². The van der Waals surface area contributed by atoms with Crippen LogP contribution in [0.3, 0.4) is 0 Å². The summed E-state index contributed by atoms with van der Waals surface area (Å²) < 4.78 is 36.5. The van der Waals surface area contributed by atoms with E-state index in [1.807, 2.05) is 6.92 Å². The minimum Gasteiger partial charge on any atom is -0.455 e. The summed E-state index contributed by atoms with van der Waals surface area (Å²) in [5.74, 6) is -1.23. The average Bonchev–Trinajstić information content (AvgIpc) is 2.60. The number of hydrogen-bond donors (Lipinski definition) is 1. The summed E-state index contributed by atoms with van der Waals surface area (Å²) >= 11 is 11.5. The number of nitrogens with one attached hydrogen (secondary N) is 1. The Hall–Kier alpha value is -1.39. The van der Waals surface area contributed by atoms with E-state index in [0.29, 0.717) is 19.7 Å². The second-order valence-electron chi connectivity index (χ2n) is 5.58. The molecule has 0 aliphatic carbocycles. The second kappa shape index (κ2) is 9.01. The molecule has 1 amide bonds. The fourth-order valence-corrected chi connectivity index (χ4v) is 3.57. The van der Waals surface area contributed by atoms with Gasteiger partial charge in [0.15, 0.2) is 6.61 Å². The summed E-state index contributed by atoms with van der Waals surface area (Å²) in [7, 11) is -3.97. The molecule has 8 nitrogen and oxygen atoms in total. The summed E-state index contributed by atoms with van der Waals surface area (Å²) in [6.07, 6.45) is -0.0820. The van der Waals surface area contributed by atoms with Gasteiger partial charge in [-0.3, -0.25) is 9.59 Å². The van der Waals surface area contributed by atoms with E-state index in [1.165, 1.54) is 23.1 Å². The van der Waals surface area contributed by atoms with Gasteiger partial charge in [0.1, 0.15) is 6.54 Å². The molecule has 0 saturated carbocycles. The number of carbonyl (C=O) groups excluding carboxylic acids is 2. The van der Waals surface area contributed by atoms with Crippen molar-refractivity contribution in [2.75, 3.05) is 32.8 Å². The van der Waals surface area contributed by atoms with Crippen molar-refractivity contribution >= 4 is 45.1 Å². The van der Waals surface area contributed by atoms with E-state index in [1.54, 1.807) is 0 Å². The zero-order valence-corrected chi connectivity index (χ0v) is 16.2. The summed E-state index contributed by atoms with van der Waals surface area (Å²) in [5, 5.41) is 0.281. The van der Waals surface area contributed by atoms with E-state index in [2.05, 4.69) is 4.72 Å². The minimum atomic E-state index is -3.97. The van der Waals surface area contributed by atoms with E-state index in [9.17, 15) is 18.0 Å². The molecule has 26 heavy (non-hydrogen) atoms. The van der Waals surface area contributed by atoms with Gasteiger partial charge in [-0.15, -0.1) is 0 Å². The minimum absolute atomic E-state index is 0.0717. The number of ether oxygens (including phenoxy) is 2. The summed E-state index contributed by atoms with van der Waals surface area (Å²) in [4.78, 5) is 25.1. The smallest absolute Gasteiger partial charge is 0.321 e. The zero-order valence-electron chi connectivity index (χ0n) is 13.9. The maximum atomic E-state index is 12.1. The number of benzene rings is 1. The highest BCUT2D eigenvalue weighted by molar-refractivity contribution is 7.89. The third-order valence-electron chi connectivity index (χ3n) is 3.56. The van der Waals surface area contributed by atoms with Crippen LogP contribution in [0.4, 0.5) is 0 Å². The van der Waals surface area contributed by atoms with E-state index >= 15 is 0 Å². The summed E-state index contributed by atoms with van der Waals surface area (Å²) in [6.45, 7) is 2.02. The van der Waals surface area contributed by atoms with E-state index < -0.39 is 29.1 Å². The fourth-order valence-electron chi connectivity index (χ4n) is 2.21. The molecule has 1 aliphatic rings. The molecule has 0 bridgehead atoms. The topological polar surface area (TPSA) is 102 Å². The van der Waals surface area contributed by atoms with E-state index in [-0.39, 0.29) is 27.0 Å². The van der Waals surface area contributed by atoms with Crippen LogP contribution in [-0.4, -0.2) is 64.1 Å². The molecular formula is C15H18Cl2N2O6S. The number of rotatable bonds is 6. The first kappa shape index (κ1) is 20.9. The van der Waals surface area contributed by atoms with Gasteiger partial charge in [0.2, 0.25) is 10.0 Å². The number of morpholine rings is 1. The van der Waals surface area contributed by atoms with Crippen LogP contribution >= 0.6 is 23.2 Å². The van der Waals surface area contributed by atoms with Crippen LogP contribution in [0, 0.1) is 0 Å². The van der Waals surface area contributed by atoms with Crippen molar-refractivity contribution in [1.29, 1.82) is 0 Å². The van der Waals surface area contributed by atoms with Gasteiger partial charge in [-0.1, -0.05) is 23.2 Å². The largest absolute Gasteiger partial charge is 0.455 e. The lowest BCUT2D eigenvalue weighted by atomic mass is 10.3. The maximum Gasteiger partial charge on any atom is 0.321 e. The first-order valence-electron chi connectivity index (χ1n) is 7.69. The predicted octanol–water partition coefficient (Wildman–Crippen LogP) is 1.06. The van der Waals surface area contributed by atoms with Crippen LogP contribution < -0.4 is 4.72 Å². The van der Waals surface area contributed by atoms with Gasteiger partial charge >= 0.3 is 5.97 Å². The van der Waals surface area contributed by atoms with Crippen molar-refractivity contribution in [3.63, 3.8) is 0 Å². The number of halogens is 2. The van der Waals surface area contributed by atoms with Crippen LogP contribution in [0.15, 0.2) is 23.1 Å². The highest BCUT2D eigenvalue weighted by Crippen LogP contribution is 2.24. The Morgan fingerprint density at radius 2 is 2.08 bits per heavy atom. The Kier molecular flexibility index (Phi) is 7.24. The predicted molar refractivity (Wildman–Crippen MR) is 94.6 cm³/mol. The molecule has 0 aromatic heterocycles. The van der Waals surface area contributed by atoms with Gasteiger partial charge in [0.05, 0.1) is 27.7 Å². The molecule has 1 unspecified atom stereocenters. The first-order valence-corrected chi connectivity index (χ1v) is 9.92. The zero-order chi connectivity index (χ0) is 19.3. The first-order chi connectivity index (χ1) is 12.2. The van der Waals surface area contributed by atoms with Gasteiger partial charge < -0.3 is 14.4 Å². The molecule has 11 heteroatoms. The lowest BCUT2D eigenvalue weighted by Gasteiger charge is -2.30. The molecule has 1 atom stereocenters. The standard InChI is InChI=1S/C15H18Cl2N2O6S/c1-10-8-19(4-5-24-10)14(20)9-25-15(21)7-18-26(22,23)11-2-3-12(16)13(17)6-11/h2-3,6,10,18H,4-5,7-9H2,1H3. The molecule has 1 N–H and O–H groups in total. The van der Waals surface area contributed by atoms with Crippen LogP contribution in [0.25, 0.3) is 0 Å². The Morgan fingerprint density at radius 1 is 1.35 bits per heavy atom. The number of hydrogen-bond acceptors (Lipinski definition) is 6. The maximum absolute atomic E-state index is 12.1. The molecule has 0 radical (unpaired) electrons. The number of amides is 1. The SMILES string of the molecule is CC1CN(C(=O)COC(=O)CNS(=O)(=O)c2ccc(Cl)c(Cl)c2)CCO1. The van der Waals surface area contributed by atoms with Gasteiger partial charge in [-0.05, 0) is 25.1 Å². The molecule has 1 heterocycles. The van der Waals surface area contributed by atoms with Crippen molar-refractivity contribution in [2.24, 2.45) is 0 Å². The molecule has 1 saturated heterocycles. The van der Waals surface area contributed by atoms with Gasteiger partial charge in [0, 0.05) is 13.1 Å². The molecule has 0 spiro atoms. The van der Waals surface area contributed by atoms with Crippen LogP contribution in [0.2, 0.25) is 10.0 Å². The highest BCUT2D eigenvalue weighted by Gasteiger charge is 2.23. The highest BCUT2D eigenvalue weighted by atomic mass is 35.5. The van der Waals surface area contributed by atoms with E-state index in [4.69, 9.17) is 32.7 Å². The number of esters is 1. The van der Waals surface area contributed by atoms with Gasteiger partial charge in [-0.25, -0.2) is 8.42 Å². The Balaban J connectivity index is 1.82. The quantitative estimate of drug-likeness (QED) is 0.684. The summed E-state index contributed by atoms with van der Waals surface area (Å²) in [6, 6.07) is 3.75.